The zero-order valence-corrected chi connectivity index (χ0v) is 11.0. The van der Waals surface area contributed by atoms with E-state index in [4.69, 9.17) is 10.4 Å². The standard InChI is InChI=1S/C16H15FN2O/c17-16-10-15(7-6-14(16)11-18)19(8-9-20)12-13-4-2-1-3-5-13/h1-7,10,20H,8-9,12H2. The predicted octanol–water partition coefficient (Wildman–Crippen LogP) is 2.70. The molecule has 0 atom stereocenters. The van der Waals surface area contributed by atoms with Crippen LogP contribution in [0.15, 0.2) is 48.5 Å². The third-order valence-corrected chi connectivity index (χ3v) is 3.02. The highest BCUT2D eigenvalue weighted by molar-refractivity contribution is 5.51. The molecule has 3 nitrogen and oxygen atoms in total. The lowest BCUT2D eigenvalue weighted by atomic mass is 10.1. The molecule has 102 valence electrons. The molecule has 0 radical (unpaired) electrons. The predicted molar refractivity (Wildman–Crippen MR) is 75.7 cm³/mol. The topological polar surface area (TPSA) is 47.3 Å². The van der Waals surface area contributed by atoms with Crippen LogP contribution in [0.3, 0.4) is 0 Å². The summed E-state index contributed by atoms with van der Waals surface area (Å²) in [6, 6.07) is 16.0. The number of hydrogen-bond acceptors (Lipinski definition) is 3. The van der Waals surface area contributed by atoms with Gasteiger partial charge < -0.3 is 10.0 Å². The van der Waals surface area contributed by atoms with Crippen molar-refractivity contribution in [2.24, 2.45) is 0 Å². The molecule has 0 spiro atoms. The molecule has 0 aliphatic rings. The summed E-state index contributed by atoms with van der Waals surface area (Å²) in [7, 11) is 0. The SMILES string of the molecule is N#Cc1ccc(N(CCO)Cc2ccccc2)cc1F. The monoisotopic (exact) mass is 270 g/mol. The molecular weight excluding hydrogens is 255 g/mol. The van der Waals surface area contributed by atoms with Gasteiger partial charge in [-0.05, 0) is 23.8 Å². The van der Waals surface area contributed by atoms with Crippen LogP contribution in [-0.2, 0) is 6.54 Å². The second-order valence-corrected chi connectivity index (χ2v) is 4.41. The molecule has 0 aliphatic carbocycles. The highest BCUT2D eigenvalue weighted by Gasteiger charge is 2.10. The second-order valence-electron chi connectivity index (χ2n) is 4.41. The van der Waals surface area contributed by atoms with Gasteiger partial charge in [-0.2, -0.15) is 5.26 Å². The Hall–Kier alpha value is -2.38. The lowest BCUT2D eigenvalue weighted by Crippen LogP contribution is -2.26. The molecule has 0 aliphatic heterocycles. The number of nitriles is 1. The van der Waals surface area contributed by atoms with E-state index in [1.165, 1.54) is 12.1 Å². The minimum Gasteiger partial charge on any atom is -0.395 e. The summed E-state index contributed by atoms with van der Waals surface area (Å²) < 4.78 is 13.7. The van der Waals surface area contributed by atoms with Crippen LogP contribution in [0.1, 0.15) is 11.1 Å². The average Bonchev–Trinajstić information content (AvgIpc) is 2.48. The number of nitrogens with zero attached hydrogens (tertiary/aromatic N) is 2. The van der Waals surface area contributed by atoms with Crippen molar-refractivity contribution in [1.29, 1.82) is 5.26 Å². The van der Waals surface area contributed by atoms with E-state index in [0.717, 1.165) is 5.56 Å². The molecule has 0 saturated carbocycles. The van der Waals surface area contributed by atoms with Gasteiger partial charge in [0.25, 0.3) is 0 Å². The largest absolute Gasteiger partial charge is 0.395 e. The van der Waals surface area contributed by atoms with Gasteiger partial charge in [0.2, 0.25) is 0 Å². The molecule has 4 heteroatoms. The van der Waals surface area contributed by atoms with Gasteiger partial charge in [-0.25, -0.2) is 4.39 Å². The van der Waals surface area contributed by atoms with Crippen LogP contribution in [0.5, 0.6) is 0 Å². The van der Waals surface area contributed by atoms with E-state index in [1.54, 1.807) is 12.1 Å². The number of anilines is 1. The van der Waals surface area contributed by atoms with Gasteiger partial charge >= 0.3 is 0 Å². The van der Waals surface area contributed by atoms with E-state index in [0.29, 0.717) is 18.8 Å². The van der Waals surface area contributed by atoms with Crippen LogP contribution in [0.2, 0.25) is 0 Å². The lowest BCUT2D eigenvalue weighted by Gasteiger charge is -2.24. The quantitative estimate of drug-likeness (QED) is 0.908. The highest BCUT2D eigenvalue weighted by atomic mass is 19.1. The molecule has 0 aromatic heterocycles. The van der Waals surface area contributed by atoms with E-state index < -0.39 is 5.82 Å². The highest BCUT2D eigenvalue weighted by Crippen LogP contribution is 2.20. The Kier molecular flexibility index (Phi) is 4.70. The molecule has 2 aromatic rings. The Morgan fingerprint density at radius 1 is 1.15 bits per heavy atom. The fourth-order valence-electron chi connectivity index (χ4n) is 2.02. The first-order valence-corrected chi connectivity index (χ1v) is 6.34. The van der Waals surface area contributed by atoms with Crippen molar-refractivity contribution >= 4 is 5.69 Å². The molecule has 2 aromatic carbocycles. The van der Waals surface area contributed by atoms with E-state index >= 15 is 0 Å². The number of benzene rings is 2. The number of aliphatic hydroxyl groups is 1. The van der Waals surface area contributed by atoms with Gasteiger partial charge in [-0.15, -0.1) is 0 Å². The summed E-state index contributed by atoms with van der Waals surface area (Å²) in [4.78, 5) is 1.87. The van der Waals surface area contributed by atoms with E-state index in [1.807, 2.05) is 35.2 Å². The maximum atomic E-state index is 13.7. The Morgan fingerprint density at radius 3 is 2.50 bits per heavy atom. The summed E-state index contributed by atoms with van der Waals surface area (Å²) in [5.74, 6) is -0.541. The summed E-state index contributed by atoms with van der Waals surface area (Å²) in [5.41, 5.74) is 1.75. The first-order chi connectivity index (χ1) is 9.74. The van der Waals surface area contributed by atoms with Gasteiger partial charge in [0, 0.05) is 18.8 Å². The fraction of sp³-hybridized carbons (Fsp3) is 0.188. The lowest BCUT2D eigenvalue weighted by molar-refractivity contribution is 0.301. The third-order valence-electron chi connectivity index (χ3n) is 3.02. The Labute approximate surface area is 117 Å². The minimum atomic E-state index is -0.541. The zero-order valence-electron chi connectivity index (χ0n) is 11.0. The molecular formula is C16H15FN2O. The van der Waals surface area contributed by atoms with Gasteiger partial charge in [-0.3, -0.25) is 0 Å². The minimum absolute atomic E-state index is 0.0194. The van der Waals surface area contributed by atoms with Gasteiger partial charge in [-0.1, -0.05) is 30.3 Å². The fourth-order valence-corrected chi connectivity index (χ4v) is 2.02. The Bertz CT molecular complexity index is 608. The molecule has 0 heterocycles. The number of halogens is 1. The van der Waals surface area contributed by atoms with Crippen molar-refractivity contribution in [2.45, 2.75) is 6.54 Å². The van der Waals surface area contributed by atoms with Gasteiger partial charge in [0.15, 0.2) is 0 Å². The van der Waals surface area contributed by atoms with Crippen LogP contribution in [-0.4, -0.2) is 18.3 Å². The molecule has 0 saturated heterocycles. The Balaban J connectivity index is 2.24. The molecule has 0 fully saturated rings. The first kappa shape index (κ1) is 14.0. The zero-order chi connectivity index (χ0) is 14.4. The maximum absolute atomic E-state index is 13.7. The van der Waals surface area contributed by atoms with Crippen LogP contribution in [0.25, 0.3) is 0 Å². The van der Waals surface area contributed by atoms with E-state index in [2.05, 4.69) is 0 Å². The van der Waals surface area contributed by atoms with Crippen molar-refractivity contribution in [3.63, 3.8) is 0 Å². The van der Waals surface area contributed by atoms with Crippen LogP contribution in [0, 0.1) is 17.1 Å². The van der Waals surface area contributed by atoms with Crippen LogP contribution in [0.4, 0.5) is 10.1 Å². The smallest absolute Gasteiger partial charge is 0.143 e. The molecule has 0 unspecified atom stereocenters. The van der Waals surface area contributed by atoms with Gasteiger partial charge in [0.1, 0.15) is 11.9 Å². The van der Waals surface area contributed by atoms with Gasteiger partial charge in [0.05, 0.1) is 12.2 Å². The molecule has 1 N–H and O–H groups in total. The number of hydrogen-bond donors (Lipinski definition) is 1. The summed E-state index contributed by atoms with van der Waals surface area (Å²) in [5, 5.41) is 17.9. The summed E-state index contributed by atoms with van der Waals surface area (Å²) >= 11 is 0. The van der Waals surface area contributed by atoms with Crippen molar-refractivity contribution in [3.8, 4) is 6.07 Å². The van der Waals surface area contributed by atoms with Crippen LogP contribution >= 0.6 is 0 Å². The summed E-state index contributed by atoms with van der Waals surface area (Å²) in [6.45, 7) is 0.960. The average molecular weight is 270 g/mol. The molecule has 2 rings (SSSR count). The first-order valence-electron chi connectivity index (χ1n) is 6.34. The molecule has 0 amide bonds. The maximum Gasteiger partial charge on any atom is 0.143 e. The number of aliphatic hydroxyl groups excluding tert-OH is 1. The van der Waals surface area contributed by atoms with Crippen molar-refractivity contribution < 1.29 is 9.50 Å². The van der Waals surface area contributed by atoms with Crippen molar-refractivity contribution in [1.82, 2.24) is 0 Å². The number of rotatable bonds is 5. The van der Waals surface area contributed by atoms with Crippen molar-refractivity contribution in [3.05, 3.63) is 65.5 Å². The summed E-state index contributed by atoms with van der Waals surface area (Å²) in [6.07, 6.45) is 0. The molecule has 20 heavy (non-hydrogen) atoms. The normalized spacial score (nSPS) is 10.1. The van der Waals surface area contributed by atoms with E-state index in [9.17, 15) is 4.39 Å². The third kappa shape index (κ3) is 3.34. The van der Waals surface area contributed by atoms with Crippen molar-refractivity contribution in [2.75, 3.05) is 18.1 Å². The van der Waals surface area contributed by atoms with Crippen LogP contribution < -0.4 is 4.90 Å². The second kappa shape index (κ2) is 6.69. The molecule has 0 bridgehead atoms. The van der Waals surface area contributed by atoms with E-state index in [-0.39, 0.29) is 12.2 Å². The Morgan fingerprint density at radius 2 is 1.90 bits per heavy atom.